The highest BCUT2D eigenvalue weighted by Crippen LogP contribution is 2.19. The van der Waals surface area contributed by atoms with E-state index in [1.165, 1.54) is 180 Å². The van der Waals surface area contributed by atoms with Gasteiger partial charge >= 0.3 is 0 Å². The van der Waals surface area contributed by atoms with Gasteiger partial charge in [0.1, 0.15) is 5.82 Å². The fourth-order valence-corrected chi connectivity index (χ4v) is 11.5. The molecule has 0 amide bonds. The number of nitrogens with zero attached hydrogens (tertiary/aromatic N) is 13. The van der Waals surface area contributed by atoms with E-state index in [-0.39, 0.29) is 0 Å². The van der Waals surface area contributed by atoms with Crippen molar-refractivity contribution in [3.63, 3.8) is 0 Å². The SMILES string of the molecule is CC.CC.CC.Cc1ccc(N2CCN(CCN3CCNCC3)CC2)cc1.c1ccc(N2CCN(CC3CNC3)CC2)nc1.c1ccc(N2CCN(CCN3CCCCC3)CC2)cc1.c1cnc(N2CCN(CC3CNC3)CC2)nc1. The molecular formula is C65H112N16. The van der Waals surface area contributed by atoms with Crippen molar-refractivity contribution < 1.29 is 0 Å². The van der Waals surface area contributed by atoms with Gasteiger partial charge in [-0.2, -0.15) is 0 Å². The third-order valence-electron chi connectivity index (χ3n) is 16.7. The number of nitrogens with one attached hydrogen (secondary N) is 3. The van der Waals surface area contributed by atoms with Gasteiger partial charge in [-0.25, -0.2) is 15.0 Å². The summed E-state index contributed by atoms with van der Waals surface area (Å²) in [5.41, 5.74) is 4.10. The van der Waals surface area contributed by atoms with Crippen LogP contribution < -0.4 is 35.6 Å². The van der Waals surface area contributed by atoms with E-state index in [0.29, 0.717) is 0 Å². The molecule has 0 atom stereocenters. The molecule has 2 aromatic carbocycles. The number of hydrogen-bond acceptors (Lipinski definition) is 16. The summed E-state index contributed by atoms with van der Waals surface area (Å²) in [4.78, 5) is 38.3. The molecule has 8 aliphatic rings. The molecule has 16 heteroatoms. The Kier molecular flexibility index (Phi) is 31.7. The molecule has 16 nitrogen and oxygen atoms in total. The van der Waals surface area contributed by atoms with Gasteiger partial charge < -0.3 is 40.4 Å². The molecule has 10 heterocycles. The van der Waals surface area contributed by atoms with Gasteiger partial charge in [-0.15, -0.1) is 0 Å². The maximum Gasteiger partial charge on any atom is 0.225 e. The zero-order chi connectivity index (χ0) is 57.1. The first-order valence-corrected chi connectivity index (χ1v) is 32.3. The van der Waals surface area contributed by atoms with Crippen LogP contribution in [0, 0.1) is 18.8 Å². The average molecular weight is 1120 g/mol. The van der Waals surface area contributed by atoms with Gasteiger partial charge in [-0.3, -0.25) is 24.5 Å². The van der Waals surface area contributed by atoms with Crippen LogP contribution in [0.15, 0.2) is 97.5 Å². The lowest BCUT2D eigenvalue weighted by atomic mass is 10.0. The zero-order valence-electron chi connectivity index (χ0n) is 52.0. The summed E-state index contributed by atoms with van der Waals surface area (Å²) in [6.07, 6.45) is 9.75. The van der Waals surface area contributed by atoms with E-state index in [0.717, 1.165) is 89.0 Å². The number of pyridine rings is 1. The van der Waals surface area contributed by atoms with Gasteiger partial charge in [0, 0.05) is 226 Å². The quantitative estimate of drug-likeness (QED) is 0.126. The Hall–Kier alpha value is -4.49. The Morgan fingerprint density at radius 3 is 1.22 bits per heavy atom. The predicted octanol–water partition coefficient (Wildman–Crippen LogP) is 6.64. The average Bonchev–Trinajstić information content (AvgIpc) is 3.54. The molecular weight excluding hydrogens is 1000 g/mol. The highest BCUT2D eigenvalue weighted by molar-refractivity contribution is 5.48. The normalized spacial score (nSPS) is 20.7. The lowest BCUT2D eigenvalue weighted by Crippen LogP contribution is -2.53. The number of anilines is 4. The second-order valence-electron chi connectivity index (χ2n) is 22.2. The first-order chi connectivity index (χ1) is 40.1. The number of hydrogen-bond donors (Lipinski definition) is 3. The first kappa shape index (κ1) is 65.7. The fraction of sp³-hybridized carbons (Fsp3) is 0.677. The summed E-state index contributed by atoms with van der Waals surface area (Å²) in [6, 6.07) is 27.8. The van der Waals surface area contributed by atoms with Crippen LogP contribution in [-0.4, -0.2) is 254 Å². The highest BCUT2D eigenvalue weighted by Gasteiger charge is 2.26. The van der Waals surface area contributed by atoms with Crippen molar-refractivity contribution in [3.05, 3.63) is 103 Å². The predicted molar refractivity (Wildman–Crippen MR) is 345 cm³/mol. The maximum absolute atomic E-state index is 4.41. The van der Waals surface area contributed by atoms with E-state index in [9.17, 15) is 0 Å². The van der Waals surface area contributed by atoms with Crippen LogP contribution in [0.3, 0.4) is 0 Å². The molecule has 8 fully saturated rings. The van der Waals surface area contributed by atoms with Crippen LogP contribution in [0.25, 0.3) is 0 Å². The van der Waals surface area contributed by atoms with Gasteiger partial charge in [-0.05, 0) is 87.2 Å². The van der Waals surface area contributed by atoms with Gasteiger partial charge in [0.25, 0.3) is 0 Å². The van der Waals surface area contributed by atoms with Gasteiger partial charge in [-0.1, -0.05) is 89.9 Å². The molecule has 2 aromatic heterocycles. The third-order valence-corrected chi connectivity index (χ3v) is 16.7. The Bertz CT molecular complexity index is 2020. The van der Waals surface area contributed by atoms with Crippen molar-refractivity contribution in [2.45, 2.75) is 67.7 Å². The van der Waals surface area contributed by atoms with Crippen LogP contribution in [0.4, 0.5) is 23.1 Å². The highest BCUT2D eigenvalue weighted by atomic mass is 15.3. The van der Waals surface area contributed by atoms with E-state index in [1.54, 1.807) is 0 Å². The van der Waals surface area contributed by atoms with Crippen LogP contribution in [0.2, 0.25) is 0 Å². The number of piperidine rings is 1. The van der Waals surface area contributed by atoms with Crippen molar-refractivity contribution in [1.29, 1.82) is 0 Å². The maximum atomic E-state index is 4.41. The second-order valence-corrected chi connectivity index (χ2v) is 22.2. The standard InChI is InChI=1S/C17H28N4.C17H27N3.C13H20N4.C12H19N5.3C2H6/c1-16-2-4-17(5-3-16)21-14-12-20(13-15-21)11-10-19-8-6-18-7-9-19;1-3-7-17(8-4-1)20-15-13-19(14-16-20)12-11-18-9-5-2-6-10-18;1-2-4-15-13(3-1)17-7-5-16(6-8-17)11-12-9-14-10-12;1-2-14-12(15-3-1)17-6-4-16(5-7-17)10-11-8-13-9-11;3*1-2/h2-5,18H,6-15H2,1H3;1,3-4,7-8H,2,5-6,9-16H2;1-4,12,14H,5-11H2;1-3,11,13H,4-10H2;3*1-2H3. The van der Waals surface area contributed by atoms with Crippen LogP contribution >= 0.6 is 0 Å². The van der Waals surface area contributed by atoms with E-state index in [1.807, 2.05) is 72.3 Å². The number of benzene rings is 2. The second kappa shape index (κ2) is 39.1. The van der Waals surface area contributed by atoms with Crippen LogP contribution in [-0.2, 0) is 0 Å². The summed E-state index contributed by atoms with van der Waals surface area (Å²) in [5.74, 6) is 3.75. The molecule has 12 rings (SSSR count). The lowest BCUT2D eigenvalue weighted by molar-refractivity contribution is 0.177. The van der Waals surface area contributed by atoms with E-state index in [4.69, 9.17) is 0 Å². The van der Waals surface area contributed by atoms with Crippen molar-refractivity contribution in [2.75, 3.05) is 229 Å². The molecule has 8 aliphatic heterocycles. The van der Waals surface area contributed by atoms with Gasteiger partial charge in [0.15, 0.2) is 0 Å². The zero-order valence-corrected chi connectivity index (χ0v) is 52.0. The summed E-state index contributed by atoms with van der Waals surface area (Å²) >= 11 is 0. The number of piperazine rings is 5. The fourth-order valence-electron chi connectivity index (χ4n) is 11.5. The van der Waals surface area contributed by atoms with Crippen molar-refractivity contribution in [2.24, 2.45) is 11.8 Å². The monoisotopic (exact) mass is 1120 g/mol. The van der Waals surface area contributed by atoms with E-state index in [2.05, 4.69) is 154 Å². The smallest absolute Gasteiger partial charge is 0.225 e. The number of rotatable bonds is 14. The first-order valence-electron chi connectivity index (χ1n) is 32.3. The van der Waals surface area contributed by atoms with Crippen LogP contribution in [0.1, 0.15) is 66.4 Å². The molecule has 3 N–H and O–H groups in total. The topological polar surface area (TPSA) is 107 Å². The van der Waals surface area contributed by atoms with Gasteiger partial charge in [0.2, 0.25) is 5.95 Å². The Balaban J connectivity index is 0.000000169. The Labute approximate surface area is 493 Å². The van der Waals surface area contributed by atoms with Crippen molar-refractivity contribution in [1.82, 2.24) is 60.3 Å². The summed E-state index contributed by atoms with van der Waals surface area (Å²) < 4.78 is 0. The third kappa shape index (κ3) is 23.6. The van der Waals surface area contributed by atoms with Crippen LogP contribution in [0.5, 0.6) is 0 Å². The molecule has 0 unspecified atom stereocenters. The number of aryl methyl sites for hydroxylation is 1. The summed E-state index contributed by atoms with van der Waals surface area (Å²) in [6.45, 7) is 52.2. The number of aromatic nitrogens is 3. The molecule has 0 saturated carbocycles. The van der Waals surface area contributed by atoms with E-state index >= 15 is 0 Å². The minimum absolute atomic E-state index is 0.870. The Morgan fingerprint density at radius 1 is 0.358 bits per heavy atom. The van der Waals surface area contributed by atoms with Crippen molar-refractivity contribution in [3.8, 4) is 0 Å². The molecule has 0 bridgehead atoms. The minimum Gasteiger partial charge on any atom is -0.369 e. The Morgan fingerprint density at radius 2 is 0.765 bits per heavy atom. The number of para-hydroxylation sites is 1. The summed E-state index contributed by atoms with van der Waals surface area (Å²) in [5, 5.41) is 10.1. The number of likely N-dealkylation sites (tertiary alicyclic amines) is 1. The largest absolute Gasteiger partial charge is 0.369 e. The molecule has 8 saturated heterocycles. The molecule has 0 aliphatic carbocycles. The summed E-state index contributed by atoms with van der Waals surface area (Å²) in [7, 11) is 0. The molecule has 0 radical (unpaired) electrons. The minimum atomic E-state index is 0.870. The van der Waals surface area contributed by atoms with Crippen molar-refractivity contribution >= 4 is 23.1 Å². The molecule has 81 heavy (non-hydrogen) atoms. The molecule has 4 aromatic rings. The lowest BCUT2D eigenvalue weighted by Gasteiger charge is -2.39. The van der Waals surface area contributed by atoms with Gasteiger partial charge in [0.05, 0.1) is 0 Å². The molecule has 0 spiro atoms. The van der Waals surface area contributed by atoms with E-state index < -0.39 is 0 Å². The molecule has 452 valence electrons.